The van der Waals surface area contributed by atoms with E-state index in [1.165, 1.54) is 5.56 Å². The van der Waals surface area contributed by atoms with E-state index in [2.05, 4.69) is 22.3 Å². The Morgan fingerprint density at radius 3 is 2.46 bits per heavy atom. The lowest BCUT2D eigenvalue weighted by Crippen LogP contribution is -2.45. The summed E-state index contributed by atoms with van der Waals surface area (Å²) in [5, 5.41) is 3.19. The van der Waals surface area contributed by atoms with Gasteiger partial charge in [-0.05, 0) is 49.1 Å². The third-order valence-corrected chi connectivity index (χ3v) is 5.46. The predicted octanol–water partition coefficient (Wildman–Crippen LogP) is 2.91. The molecule has 3 N–H and O–H groups in total. The Kier molecular flexibility index (Phi) is 7.46. The Bertz CT molecular complexity index is 725. The van der Waals surface area contributed by atoms with Gasteiger partial charge in [0.1, 0.15) is 5.75 Å². The highest BCUT2D eigenvalue weighted by Gasteiger charge is 2.21. The maximum absolute atomic E-state index is 12.3. The zero-order valence-corrected chi connectivity index (χ0v) is 16.6. The normalized spacial score (nSPS) is 16.5. The molecule has 0 spiro atoms. The van der Waals surface area contributed by atoms with Crippen molar-refractivity contribution in [1.82, 2.24) is 10.2 Å². The lowest BCUT2D eigenvalue weighted by atomic mass is 10.0. The van der Waals surface area contributed by atoms with Gasteiger partial charge in [0.05, 0.1) is 13.5 Å². The number of nitrogens with one attached hydrogen (secondary N) is 1. The second-order valence-electron chi connectivity index (χ2n) is 7.51. The minimum Gasteiger partial charge on any atom is -0.497 e. The second kappa shape index (κ2) is 10.2. The lowest BCUT2D eigenvalue weighted by molar-refractivity contribution is -0.121. The average Bonchev–Trinajstić information content (AvgIpc) is 2.74. The molecule has 0 radical (unpaired) electrons. The van der Waals surface area contributed by atoms with E-state index < -0.39 is 0 Å². The van der Waals surface area contributed by atoms with Gasteiger partial charge < -0.3 is 20.7 Å². The van der Waals surface area contributed by atoms with Crippen molar-refractivity contribution < 1.29 is 9.53 Å². The first-order valence-corrected chi connectivity index (χ1v) is 10.1. The van der Waals surface area contributed by atoms with Gasteiger partial charge in [0.2, 0.25) is 5.91 Å². The van der Waals surface area contributed by atoms with Gasteiger partial charge >= 0.3 is 0 Å². The molecule has 5 heteroatoms. The van der Waals surface area contributed by atoms with Crippen LogP contribution in [0.5, 0.6) is 5.75 Å². The number of methoxy groups -OCH3 is 1. The quantitative estimate of drug-likeness (QED) is 0.738. The molecular weight excluding hydrogens is 350 g/mol. The number of hydrogen-bond donors (Lipinski definition) is 2. The van der Waals surface area contributed by atoms with Crippen LogP contribution in [0.2, 0.25) is 0 Å². The van der Waals surface area contributed by atoms with Gasteiger partial charge in [-0.15, -0.1) is 0 Å². The number of nitrogens with two attached hydrogens (primary N) is 1. The summed E-state index contributed by atoms with van der Waals surface area (Å²) in [6.45, 7) is 3.02. The minimum absolute atomic E-state index is 0.0862. The standard InChI is InChI=1S/C23H31N3O2/c1-28-21-9-7-18(8-10-21)17-23(27)25-20-11-14-26(15-12-20)16-13-22(24)19-5-3-2-4-6-19/h2-10,20,22H,11-17,24H2,1H3,(H,25,27). The number of nitrogens with zero attached hydrogens (tertiary/aromatic N) is 1. The van der Waals surface area contributed by atoms with Crippen LogP contribution in [-0.2, 0) is 11.2 Å². The zero-order valence-electron chi connectivity index (χ0n) is 16.6. The van der Waals surface area contributed by atoms with Crippen LogP contribution in [0.4, 0.5) is 0 Å². The van der Waals surface area contributed by atoms with Crippen LogP contribution >= 0.6 is 0 Å². The summed E-state index contributed by atoms with van der Waals surface area (Å²) in [6, 6.07) is 18.3. The van der Waals surface area contributed by atoms with E-state index in [1.54, 1.807) is 7.11 Å². The Morgan fingerprint density at radius 2 is 1.82 bits per heavy atom. The van der Waals surface area contributed by atoms with E-state index in [-0.39, 0.29) is 18.0 Å². The number of rotatable bonds is 8. The van der Waals surface area contributed by atoms with Gasteiger partial charge in [-0.1, -0.05) is 42.5 Å². The molecule has 1 heterocycles. The molecule has 28 heavy (non-hydrogen) atoms. The monoisotopic (exact) mass is 381 g/mol. The van der Waals surface area contributed by atoms with Crippen molar-refractivity contribution >= 4 is 5.91 Å². The van der Waals surface area contributed by atoms with Gasteiger partial charge in [0, 0.05) is 25.2 Å². The first-order chi connectivity index (χ1) is 13.6. The Morgan fingerprint density at radius 1 is 1.14 bits per heavy atom. The predicted molar refractivity (Wildman–Crippen MR) is 112 cm³/mol. The summed E-state index contributed by atoms with van der Waals surface area (Å²) < 4.78 is 5.15. The molecule has 1 atom stereocenters. The third-order valence-electron chi connectivity index (χ3n) is 5.46. The summed E-state index contributed by atoms with van der Waals surface area (Å²) in [5.41, 5.74) is 8.51. The highest BCUT2D eigenvalue weighted by molar-refractivity contribution is 5.78. The number of carbonyl (C=O) groups is 1. The molecule has 1 aliphatic heterocycles. The van der Waals surface area contributed by atoms with Crippen molar-refractivity contribution in [3.8, 4) is 5.75 Å². The molecule has 2 aromatic carbocycles. The molecule has 150 valence electrons. The second-order valence-corrected chi connectivity index (χ2v) is 7.51. The van der Waals surface area contributed by atoms with Crippen molar-refractivity contribution in [2.24, 2.45) is 5.73 Å². The third kappa shape index (κ3) is 6.08. The largest absolute Gasteiger partial charge is 0.497 e. The number of hydrogen-bond acceptors (Lipinski definition) is 4. The number of piperidine rings is 1. The van der Waals surface area contributed by atoms with Gasteiger partial charge in [0.25, 0.3) is 0 Å². The summed E-state index contributed by atoms with van der Waals surface area (Å²) in [6.07, 6.45) is 3.36. The molecule has 1 fully saturated rings. The minimum atomic E-state index is 0.0862. The molecule has 0 aliphatic carbocycles. The van der Waals surface area contributed by atoms with E-state index in [1.807, 2.05) is 42.5 Å². The SMILES string of the molecule is COc1ccc(CC(=O)NC2CCN(CCC(N)c3ccccc3)CC2)cc1. The number of amides is 1. The van der Waals surface area contributed by atoms with Crippen molar-refractivity contribution in [2.45, 2.75) is 37.8 Å². The molecule has 2 aromatic rings. The van der Waals surface area contributed by atoms with Crippen LogP contribution < -0.4 is 15.8 Å². The van der Waals surface area contributed by atoms with Crippen LogP contribution in [0.3, 0.4) is 0 Å². The number of ether oxygens (including phenoxy) is 1. The molecule has 1 amide bonds. The highest BCUT2D eigenvalue weighted by atomic mass is 16.5. The molecule has 0 aromatic heterocycles. The van der Waals surface area contributed by atoms with Gasteiger partial charge in [-0.3, -0.25) is 4.79 Å². The summed E-state index contributed by atoms with van der Waals surface area (Å²) in [5.74, 6) is 0.901. The Balaban J connectivity index is 1.36. The first-order valence-electron chi connectivity index (χ1n) is 10.1. The van der Waals surface area contributed by atoms with Gasteiger partial charge in [-0.25, -0.2) is 0 Å². The van der Waals surface area contributed by atoms with Crippen LogP contribution in [0.15, 0.2) is 54.6 Å². The van der Waals surface area contributed by atoms with Gasteiger partial charge in [0.15, 0.2) is 0 Å². The molecule has 0 bridgehead atoms. The van der Waals surface area contributed by atoms with Gasteiger partial charge in [-0.2, -0.15) is 0 Å². The Labute approximate surface area is 167 Å². The smallest absolute Gasteiger partial charge is 0.224 e. The first kappa shape index (κ1) is 20.4. The van der Waals surface area contributed by atoms with E-state index >= 15 is 0 Å². The van der Waals surface area contributed by atoms with E-state index in [4.69, 9.17) is 10.5 Å². The fraction of sp³-hybridized carbons (Fsp3) is 0.435. The summed E-state index contributed by atoms with van der Waals surface area (Å²) >= 11 is 0. The molecule has 3 rings (SSSR count). The fourth-order valence-corrected chi connectivity index (χ4v) is 3.70. The van der Waals surface area contributed by atoms with E-state index in [0.717, 1.165) is 50.2 Å². The molecule has 1 aliphatic rings. The summed E-state index contributed by atoms with van der Waals surface area (Å²) in [7, 11) is 1.64. The van der Waals surface area contributed by atoms with E-state index in [0.29, 0.717) is 6.42 Å². The number of likely N-dealkylation sites (tertiary alicyclic amines) is 1. The van der Waals surface area contributed by atoms with Crippen LogP contribution in [0.1, 0.15) is 36.4 Å². The van der Waals surface area contributed by atoms with Crippen molar-refractivity contribution in [2.75, 3.05) is 26.7 Å². The number of carbonyl (C=O) groups excluding carboxylic acids is 1. The topological polar surface area (TPSA) is 67.6 Å². The molecule has 5 nitrogen and oxygen atoms in total. The van der Waals surface area contributed by atoms with Crippen LogP contribution in [-0.4, -0.2) is 43.6 Å². The lowest BCUT2D eigenvalue weighted by Gasteiger charge is -2.33. The average molecular weight is 382 g/mol. The molecule has 1 saturated heterocycles. The van der Waals surface area contributed by atoms with E-state index in [9.17, 15) is 4.79 Å². The number of benzene rings is 2. The van der Waals surface area contributed by atoms with Crippen molar-refractivity contribution in [3.05, 3.63) is 65.7 Å². The molecular formula is C23H31N3O2. The summed E-state index contributed by atoms with van der Waals surface area (Å²) in [4.78, 5) is 14.8. The van der Waals surface area contributed by atoms with Crippen molar-refractivity contribution in [1.29, 1.82) is 0 Å². The fourth-order valence-electron chi connectivity index (χ4n) is 3.70. The molecule has 1 unspecified atom stereocenters. The van der Waals surface area contributed by atoms with Crippen LogP contribution in [0.25, 0.3) is 0 Å². The maximum Gasteiger partial charge on any atom is 0.224 e. The van der Waals surface area contributed by atoms with Crippen LogP contribution in [0, 0.1) is 0 Å². The van der Waals surface area contributed by atoms with Crippen molar-refractivity contribution in [3.63, 3.8) is 0 Å². The maximum atomic E-state index is 12.3. The zero-order chi connectivity index (χ0) is 19.8. The Hall–Kier alpha value is -2.37. The highest BCUT2D eigenvalue weighted by Crippen LogP contribution is 2.17. The molecule has 0 saturated carbocycles.